The van der Waals surface area contributed by atoms with Gasteiger partial charge in [-0.3, -0.25) is 4.90 Å². The van der Waals surface area contributed by atoms with E-state index in [1.54, 1.807) is 17.0 Å². The normalized spacial score (nSPS) is 17.4. The largest absolute Gasteiger partial charge is 0.504 e. The first-order valence-electron chi connectivity index (χ1n) is 6.78. The van der Waals surface area contributed by atoms with Crippen LogP contribution in [0.3, 0.4) is 0 Å². The number of aromatic hydroxyl groups is 1. The van der Waals surface area contributed by atoms with Crippen LogP contribution in [0.15, 0.2) is 48.5 Å². The van der Waals surface area contributed by atoms with Crippen LogP contribution < -0.4 is 9.64 Å². The molecule has 3 rings (SSSR count). The molecule has 0 radical (unpaired) electrons. The van der Waals surface area contributed by atoms with Crippen LogP contribution in [-0.4, -0.2) is 30.5 Å². The number of carbonyl (C=O) groups is 1. The zero-order valence-corrected chi connectivity index (χ0v) is 12.4. The fraction of sp³-hybridized carbons (Fsp3) is 0.188. The van der Waals surface area contributed by atoms with Crippen molar-refractivity contribution in [2.24, 2.45) is 0 Å². The Hall–Kier alpha value is -2.40. The molecule has 1 aliphatic heterocycles. The van der Waals surface area contributed by atoms with E-state index in [4.69, 9.17) is 21.1 Å². The van der Waals surface area contributed by atoms with Gasteiger partial charge in [-0.1, -0.05) is 29.8 Å². The Morgan fingerprint density at radius 3 is 2.77 bits per heavy atom. The van der Waals surface area contributed by atoms with Crippen LogP contribution in [0.2, 0.25) is 5.02 Å². The molecule has 0 bridgehead atoms. The maximum absolute atomic E-state index is 11.9. The number of rotatable bonds is 4. The molecular weight excluding hydrogens is 306 g/mol. The summed E-state index contributed by atoms with van der Waals surface area (Å²) in [4.78, 5) is 13.4. The second-order valence-electron chi connectivity index (χ2n) is 4.87. The molecule has 1 N–H and O–H groups in total. The molecule has 1 aliphatic rings. The number of benzene rings is 2. The minimum absolute atomic E-state index is 0.0447. The lowest BCUT2D eigenvalue weighted by molar-refractivity contribution is 0.104. The van der Waals surface area contributed by atoms with Crippen molar-refractivity contribution in [2.45, 2.75) is 6.10 Å². The highest BCUT2D eigenvalue weighted by atomic mass is 35.5. The zero-order valence-electron chi connectivity index (χ0n) is 11.6. The minimum Gasteiger partial charge on any atom is -0.504 e. The predicted octanol–water partition coefficient (Wildman–Crippen LogP) is 3.45. The first-order valence-corrected chi connectivity index (χ1v) is 7.16. The van der Waals surface area contributed by atoms with Crippen LogP contribution in [0.4, 0.5) is 10.5 Å². The Labute approximate surface area is 132 Å². The summed E-state index contributed by atoms with van der Waals surface area (Å²) >= 11 is 5.76. The second-order valence-corrected chi connectivity index (χ2v) is 5.31. The van der Waals surface area contributed by atoms with E-state index in [1.807, 2.05) is 30.3 Å². The Balaban J connectivity index is 1.62. The number of para-hydroxylation sites is 1. The first kappa shape index (κ1) is 14.5. The number of cyclic esters (lactones) is 1. The molecule has 1 unspecified atom stereocenters. The van der Waals surface area contributed by atoms with Gasteiger partial charge in [0.15, 0.2) is 17.6 Å². The fourth-order valence-electron chi connectivity index (χ4n) is 2.22. The van der Waals surface area contributed by atoms with Crippen molar-refractivity contribution in [3.05, 3.63) is 53.6 Å². The molecule has 0 aliphatic carbocycles. The number of amides is 1. The van der Waals surface area contributed by atoms with Crippen LogP contribution in [0.5, 0.6) is 11.5 Å². The van der Waals surface area contributed by atoms with Gasteiger partial charge in [0.05, 0.1) is 6.54 Å². The maximum Gasteiger partial charge on any atom is 0.414 e. The quantitative estimate of drug-likeness (QED) is 0.937. The Kier molecular flexibility index (Phi) is 4.06. The van der Waals surface area contributed by atoms with Crippen LogP contribution in [0, 0.1) is 0 Å². The maximum atomic E-state index is 11.9. The van der Waals surface area contributed by atoms with Crippen molar-refractivity contribution >= 4 is 23.4 Å². The van der Waals surface area contributed by atoms with Gasteiger partial charge in [0.25, 0.3) is 0 Å². The van der Waals surface area contributed by atoms with Crippen LogP contribution >= 0.6 is 11.6 Å². The van der Waals surface area contributed by atoms with Crippen molar-refractivity contribution in [3.8, 4) is 11.5 Å². The van der Waals surface area contributed by atoms with Gasteiger partial charge in [0, 0.05) is 16.8 Å². The summed E-state index contributed by atoms with van der Waals surface area (Å²) < 4.78 is 10.8. The summed E-state index contributed by atoms with van der Waals surface area (Å²) in [6.07, 6.45) is -0.803. The Morgan fingerprint density at radius 2 is 2.05 bits per heavy atom. The summed E-state index contributed by atoms with van der Waals surface area (Å²) in [6.45, 7) is 0.557. The van der Waals surface area contributed by atoms with Gasteiger partial charge in [-0.25, -0.2) is 4.79 Å². The summed E-state index contributed by atoms with van der Waals surface area (Å²) in [5, 5.41) is 10.1. The van der Waals surface area contributed by atoms with Crippen molar-refractivity contribution in [1.29, 1.82) is 0 Å². The summed E-state index contributed by atoms with van der Waals surface area (Å²) in [6, 6.07) is 13.9. The number of carbonyl (C=O) groups excluding carboxylic acids is 1. The SMILES string of the molecule is O=C1OC(COc2ccc(Cl)cc2O)CN1c1ccccc1. The van der Waals surface area contributed by atoms with Crippen LogP contribution in [-0.2, 0) is 4.74 Å². The molecule has 0 saturated carbocycles. The molecule has 5 nitrogen and oxygen atoms in total. The van der Waals surface area contributed by atoms with E-state index in [1.165, 1.54) is 6.07 Å². The van der Waals surface area contributed by atoms with E-state index in [-0.39, 0.29) is 12.4 Å². The third kappa shape index (κ3) is 3.09. The second kappa shape index (κ2) is 6.15. The topological polar surface area (TPSA) is 59.0 Å². The molecule has 1 saturated heterocycles. The third-order valence-corrected chi connectivity index (χ3v) is 3.52. The lowest BCUT2D eigenvalue weighted by Gasteiger charge is -2.13. The number of phenolic OH excluding ortho intramolecular Hbond substituents is 1. The van der Waals surface area contributed by atoms with Crippen molar-refractivity contribution < 1.29 is 19.4 Å². The summed E-state index contributed by atoms with van der Waals surface area (Å²) in [5.74, 6) is 0.260. The van der Waals surface area contributed by atoms with Gasteiger partial charge in [0.1, 0.15) is 6.61 Å². The molecule has 2 aromatic rings. The predicted molar refractivity (Wildman–Crippen MR) is 82.7 cm³/mol. The van der Waals surface area contributed by atoms with E-state index in [9.17, 15) is 9.90 Å². The molecule has 22 heavy (non-hydrogen) atoms. The van der Waals surface area contributed by atoms with Gasteiger partial charge in [0.2, 0.25) is 0 Å². The monoisotopic (exact) mass is 319 g/mol. The highest BCUT2D eigenvalue weighted by Crippen LogP contribution is 2.29. The number of phenols is 1. The molecular formula is C16H14ClNO4. The number of ether oxygens (including phenoxy) is 2. The van der Waals surface area contributed by atoms with Crippen molar-refractivity contribution in [2.75, 3.05) is 18.1 Å². The average molecular weight is 320 g/mol. The number of halogens is 1. The van der Waals surface area contributed by atoms with E-state index >= 15 is 0 Å². The highest BCUT2D eigenvalue weighted by Gasteiger charge is 2.32. The average Bonchev–Trinajstić information content (AvgIpc) is 2.88. The Morgan fingerprint density at radius 1 is 1.27 bits per heavy atom. The van der Waals surface area contributed by atoms with Gasteiger partial charge >= 0.3 is 6.09 Å². The highest BCUT2D eigenvalue weighted by molar-refractivity contribution is 6.30. The Bertz CT molecular complexity index is 677. The van der Waals surface area contributed by atoms with E-state index in [0.717, 1.165) is 5.69 Å². The first-order chi connectivity index (χ1) is 10.6. The molecule has 1 fully saturated rings. The van der Waals surface area contributed by atoms with Gasteiger partial charge in [-0.15, -0.1) is 0 Å². The van der Waals surface area contributed by atoms with Crippen LogP contribution in [0.25, 0.3) is 0 Å². The van der Waals surface area contributed by atoms with Crippen molar-refractivity contribution in [3.63, 3.8) is 0 Å². The number of anilines is 1. The number of hydrogen-bond donors (Lipinski definition) is 1. The summed E-state index contributed by atoms with van der Waals surface area (Å²) in [5.41, 5.74) is 0.782. The minimum atomic E-state index is -0.403. The fourth-order valence-corrected chi connectivity index (χ4v) is 2.39. The van der Waals surface area contributed by atoms with Gasteiger partial charge < -0.3 is 14.6 Å². The lowest BCUT2D eigenvalue weighted by atomic mass is 10.3. The molecule has 114 valence electrons. The van der Waals surface area contributed by atoms with Crippen molar-refractivity contribution in [1.82, 2.24) is 0 Å². The summed E-state index contributed by atoms with van der Waals surface area (Å²) in [7, 11) is 0. The third-order valence-electron chi connectivity index (χ3n) is 3.29. The molecule has 2 aromatic carbocycles. The molecule has 0 aromatic heterocycles. The number of hydrogen-bond acceptors (Lipinski definition) is 4. The van der Waals surface area contributed by atoms with E-state index in [0.29, 0.717) is 17.3 Å². The zero-order chi connectivity index (χ0) is 15.5. The van der Waals surface area contributed by atoms with Gasteiger partial charge in [-0.2, -0.15) is 0 Å². The lowest BCUT2D eigenvalue weighted by Crippen LogP contribution is -2.26. The molecule has 1 amide bonds. The molecule has 1 atom stereocenters. The van der Waals surface area contributed by atoms with E-state index < -0.39 is 12.2 Å². The number of nitrogens with zero attached hydrogens (tertiary/aromatic N) is 1. The smallest absolute Gasteiger partial charge is 0.414 e. The van der Waals surface area contributed by atoms with E-state index in [2.05, 4.69) is 0 Å². The molecule has 0 spiro atoms. The van der Waals surface area contributed by atoms with Gasteiger partial charge in [-0.05, 0) is 24.3 Å². The van der Waals surface area contributed by atoms with Crippen LogP contribution in [0.1, 0.15) is 0 Å². The standard InChI is InChI=1S/C16H14ClNO4/c17-11-6-7-15(14(19)8-11)21-10-13-9-18(16(20)22-13)12-4-2-1-3-5-12/h1-8,13,19H,9-10H2. The molecule has 1 heterocycles. The molecule has 6 heteroatoms.